The van der Waals surface area contributed by atoms with Crippen molar-refractivity contribution in [1.29, 1.82) is 0 Å². The molecule has 0 aromatic heterocycles. The molecule has 0 aromatic carbocycles. The molecule has 1 N–H and O–H groups in total. The van der Waals surface area contributed by atoms with Crippen LogP contribution >= 0.6 is 0 Å². The maximum Gasteiger partial charge on any atom is 0.303 e. The van der Waals surface area contributed by atoms with Gasteiger partial charge in [0.05, 0.1) is 6.42 Å². The molecular formula is C17H23NO4. The van der Waals surface area contributed by atoms with Crippen molar-refractivity contribution < 1.29 is 14.8 Å². The summed E-state index contributed by atoms with van der Waals surface area (Å²) >= 11 is 0. The van der Waals surface area contributed by atoms with Gasteiger partial charge in [0, 0.05) is 23.2 Å². The molecule has 0 saturated heterocycles. The number of hydrogen-bond donors (Lipinski definition) is 1. The molecule has 8 bridgehead atoms. The third-order valence-corrected chi connectivity index (χ3v) is 8.42. The Balaban J connectivity index is 1.59. The summed E-state index contributed by atoms with van der Waals surface area (Å²) in [6.07, 6.45) is 5.96. The number of nitro groups is 1. The average molecular weight is 305 g/mol. The maximum atomic E-state index is 12.2. The van der Waals surface area contributed by atoms with Crippen molar-refractivity contribution in [2.75, 3.05) is 0 Å². The summed E-state index contributed by atoms with van der Waals surface area (Å²) in [4.78, 5) is 23.2. The molecule has 5 atom stereocenters. The zero-order chi connectivity index (χ0) is 15.2. The van der Waals surface area contributed by atoms with Crippen molar-refractivity contribution in [3.8, 4) is 0 Å². The van der Waals surface area contributed by atoms with Gasteiger partial charge in [-0.15, -0.1) is 0 Å². The first kappa shape index (κ1) is 13.3. The Hall–Kier alpha value is -1.13. The summed E-state index contributed by atoms with van der Waals surface area (Å²) in [6.45, 7) is 0. The van der Waals surface area contributed by atoms with Gasteiger partial charge in [0.15, 0.2) is 0 Å². The Labute approximate surface area is 129 Å². The van der Waals surface area contributed by atoms with Gasteiger partial charge in [-0.25, -0.2) is 0 Å². The number of nitrogens with zero attached hydrogens (tertiary/aromatic N) is 1. The van der Waals surface area contributed by atoms with Gasteiger partial charge in [-0.05, 0) is 67.6 Å². The Bertz CT molecular complexity index is 539. The van der Waals surface area contributed by atoms with Crippen LogP contribution in [0, 0.1) is 57.5 Å². The van der Waals surface area contributed by atoms with Crippen molar-refractivity contribution in [3.63, 3.8) is 0 Å². The van der Waals surface area contributed by atoms with E-state index < -0.39 is 11.5 Å². The normalized spacial score (nSPS) is 56.5. The minimum absolute atomic E-state index is 0.0278. The van der Waals surface area contributed by atoms with E-state index in [1.165, 1.54) is 19.3 Å². The van der Waals surface area contributed by atoms with Crippen LogP contribution in [0.1, 0.15) is 44.9 Å². The second kappa shape index (κ2) is 4.04. The molecular weight excluding hydrogens is 282 g/mol. The topological polar surface area (TPSA) is 80.4 Å². The minimum atomic E-state index is -0.923. The van der Waals surface area contributed by atoms with Crippen molar-refractivity contribution in [1.82, 2.24) is 0 Å². The van der Waals surface area contributed by atoms with E-state index in [0.29, 0.717) is 11.8 Å². The molecule has 7 saturated carbocycles. The zero-order valence-electron chi connectivity index (χ0n) is 12.7. The lowest BCUT2D eigenvalue weighted by Gasteiger charge is -2.72. The van der Waals surface area contributed by atoms with Gasteiger partial charge in [0.25, 0.3) is 0 Å². The summed E-state index contributed by atoms with van der Waals surface area (Å²) < 4.78 is 0. The molecule has 0 aliphatic heterocycles. The van der Waals surface area contributed by atoms with Crippen LogP contribution in [-0.2, 0) is 4.79 Å². The highest BCUT2D eigenvalue weighted by Crippen LogP contribution is 2.74. The lowest BCUT2D eigenvalue weighted by molar-refractivity contribution is -0.616. The Morgan fingerprint density at radius 2 is 1.59 bits per heavy atom. The molecule has 120 valence electrons. The quantitative estimate of drug-likeness (QED) is 0.639. The average Bonchev–Trinajstić information content (AvgIpc) is 2.49. The fourth-order valence-corrected chi connectivity index (χ4v) is 8.15. The standard InChI is InChI=1S/C17H23NO4/c19-15(20)1-2-17(18(21)22)9-6-11-10-3-8-4-13(11)16(17)14(5-8)12(10)7-9/h8-14,16H,1-7H2,(H,19,20). The predicted octanol–water partition coefficient (Wildman–Crippen LogP) is 2.81. The van der Waals surface area contributed by atoms with Gasteiger partial charge in [0.1, 0.15) is 0 Å². The third kappa shape index (κ3) is 1.35. The highest BCUT2D eigenvalue weighted by Gasteiger charge is 2.75. The number of carboxylic acids is 1. The molecule has 7 aliphatic rings. The van der Waals surface area contributed by atoms with Crippen LogP contribution in [0.3, 0.4) is 0 Å². The summed E-state index contributed by atoms with van der Waals surface area (Å²) in [5, 5.41) is 21.3. The first-order chi connectivity index (χ1) is 10.5. The van der Waals surface area contributed by atoms with Crippen LogP contribution in [0.2, 0.25) is 0 Å². The number of rotatable bonds is 4. The Morgan fingerprint density at radius 1 is 1.05 bits per heavy atom. The van der Waals surface area contributed by atoms with E-state index in [1.54, 1.807) is 0 Å². The molecule has 5 unspecified atom stereocenters. The van der Waals surface area contributed by atoms with E-state index in [-0.39, 0.29) is 29.6 Å². The van der Waals surface area contributed by atoms with Crippen molar-refractivity contribution in [3.05, 3.63) is 10.1 Å². The number of carboxylic acid groups (broad SMARTS) is 1. The maximum absolute atomic E-state index is 12.2. The van der Waals surface area contributed by atoms with Crippen LogP contribution in [0.4, 0.5) is 0 Å². The molecule has 7 fully saturated rings. The fraction of sp³-hybridized carbons (Fsp3) is 0.941. The monoisotopic (exact) mass is 305 g/mol. The molecule has 0 heterocycles. The second-order valence-corrected chi connectivity index (χ2v) is 8.73. The Kier molecular flexibility index (Phi) is 2.44. The first-order valence-corrected chi connectivity index (χ1v) is 8.88. The van der Waals surface area contributed by atoms with Gasteiger partial charge < -0.3 is 5.11 Å². The van der Waals surface area contributed by atoms with Crippen LogP contribution < -0.4 is 0 Å². The van der Waals surface area contributed by atoms with E-state index >= 15 is 0 Å². The van der Waals surface area contributed by atoms with Gasteiger partial charge in [-0.2, -0.15) is 0 Å². The van der Waals surface area contributed by atoms with Gasteiger partial charge >= 0.3 is 5.97 Å². The summed E-state index contributed by atoms with van der Waals surface area (Å²) in [6, 6.07) is 0. The molecule has 5 nitrogen and oxygen atoms in total. The number of aliphatic carboxylic acids is 1. The van der Waals surface area contributed by atoms with Gasteiger partial charge in [0.2, 0.25) is 5.54 Å². The molecule has 0 radical (unpaired) electrons. The molecule has 7 aliphatic carbocycles. The van der Waals surface area contributed by atoms with Crippen LogP contribution in [0.25, 0.3) is 0 Å². The largest absolute Gasteiger partial charge is 0.481 e. The SMILES string of the molecule is O=C(O)CCC1([N+](=O)[O-])C2CC3C4CC5CC3C1C(C5)C4C2. The smallest absolute Gasteiger partial charge is 0.303 e. The van der Waals surface area contributed by atoms with Crippen molar-refractivity contribution in [2.24, 2.45) is 47.3 Å². The number of carbonyl (C=O) groups is 1. The molecule has 0 spiro atoms. The highest BCUT2D eigenvalue weighted by atomic mass is 16.6. The summed E-state index contributed by atoms with van der Waals surface area (Å²) in [7, 11) is 0. The minimum Gasteiger partial charge on any atom is -0.481 e. The first-order valence-electron chi connectivity index (χ1n) is 8.88. The molecule has 5 heteroatoms. The van der Waals surface area contributed by atoms with Crippen LogP contribution in [-0.4, -0.2) is 21.5 Å². The van der Waals surface area contributed by atoms with Crippen molar-refractivity contribution >= 4 is 5.97 Å². The number of hydrogen-bond acceptors (Lipinski definition) is 3. The summed E-state index contributed by atoms with van der Waals surface area (Å²) in [5.41, 5.74) is -0.923. The van der Waals surface area contributed by atoms with E-state index in [1.807, 2.05) is 0 Å². The lowest BCUT2D eigenvalue weighted by Crippen LogP contribution is -2.73. The Morgan fingerprint density at radius 3 is 2.14 bits per heavy atom. The predicted molar refractivity (Wildman–Crippen MR) is 77.6 cm³/mol. The molecule has 22 heavy (non-hydrogen) atoms. The lowest BCUT2D eigenvalue weighted by atomic mass is 9.31. The third-order valence-electron chi connectivity index (χ3n) is 8.42. The fourth-order valence-electron chi connectivity index (χ4n) is 8.15. The molecule has 0 amide bonds. The highest BCUT2D eigenvalue weighted by molar-refractivity contribution is 5.66. The second-order valence-electron chi connectivity index (χ2n) is 8.73. The van der Waals surface area contributed by atoms with E-state index in [0.717, 1.165) is 36.5 Å². The summed E-state index contributed by atoms with van der Waals surface area (Å²) in [5.74, 6) is 3.57. The molecule has 0 aromatic rings. The van der Waals surface area contributed by atoms with Gasteiger partial charge in [-0.3, -0.25) is 14.9 Å². The van der Waals surface area contributed by atoms with E-state index in [2.05, 4.69) is 0 Å². The van der Waals surface area contributed by atoms with Crippen LogP contribution in [0.5, 0.6) is 0 Å². The van der Waals surface area contributed by atoms with Crippen molar-refractivity contribution in [2.45, 2.75) is 50.5 Å². The van der Waals surface area contributed by atoms with Gasteiger partial charge in [-0.1, -0.05) is 0 Å². The van der Waals surface area contributed by atoms with Crippen LogP contribution in [0.15, 0.2) is 0 Å². The molecule has 7 rings (SSSR count). The zero-order valence-corrected chi connectivity index (χ0v) is 12.7. The van der Waals surface area contributed by atoms with E-state index in [9.17, 15) is 14.9 Å². The van der Waals surface area contributed by atoms with E-state index in [4.69, 9.17) is 5.11 Å².